The van der Waals surface area contributed by atoms with Gasteiger partial charge in [0.2, 0.25) is 0 Å². The van der Waals surface area contributed by atoms with Crippen molar-refractivity contribution in [2.24, 2.45) is 0 Å². The van der Waals surface area contributed by atoms with Crippen LogP contribution in [0.15, 0.2) is 36.7 Å². The number of carbonyl (C=O) groups is 1. The van der Waals surface area contributed by atoms with Crippen LogP contribution in [0, 0.1) is 0 Å². The lowest BCUT2D eigenvalue weighted by atomic mass is 10.3. The second-order valence-corrected chi connectivity index (χ2v) is 3.83. The van der Waals surface area contributed by atoms with E-state index in [0.29, 0.717) is 23.1 Å². The van der Waals surface area contributed by atoms with Gasteiger partial charge in [-0.1, -0.05) is 23.9 Å². The predicted molar refractivity (Wildman–Crippen MR) is 67.0 cm³/mol. The summed E-state index contributed by atoms with van der Waals surface area (Å²) in [6.07, 6.45) is 5.72. The van der Waals surface area contributed by atoms with Crippen LogP contribution in [-0.2, 0) is 0 Å². The van der Waals surface area contributed by atoms with E-state index < -0.39 is 0 Å². The van der Waals surface area contributed by atoms with E-state index in [2.05, 4.69) is 28.4 Å². The number of carbonyl (C=O) groups excluding carboxylic acids is 1. The van der Waals surface area contributed by atoms with Gasteiger partial charge < -0.3 is 5.32 Å². The van der Waals surface area contributed by atoms with Crippen LogP contribution in [0.1, 0.15) is 10.4 Å². The highest BCUT2D eigenvalue weighted by Crippen LogP contribution is 2.17. The van der Waals surface area contributed by atoms with Gasteiger partial charge in [-0.05, 0) is 0 Å². The van der Waals surface area contributed by atoms with Gasteiger partial charge >= 0.3 is 0 Å². The summed E-state index contributed by atoms with van der Waals surface area (Å²) < 4.78 is 0. The standard InChI is InChI=1S/C11H13N3OS/c1-3-5-12-10-9(8-15)7-13-11(14-10)16-6-4-2/h3-4,7-8H,1-2,5-6H2,(H,12,13,14). The summed E-state index contributed by atoms with van der Waals surface area (Å²) in [4.78, 5) is 19.0. The topological polar surface area (TPSA) is 54.9 Å². The van der Waals surface area contributed by atoms with Crippen molar-refractivity contribution in [3.8, 4) is 0 Å². The fourth-order valence-corrected chi connectivity index (χ4v) is 1.52. The smallest absolute Gasteiger partial charge is 0.189 e. The highest BCUT2D eigenvalue weighted by Gasteiger charge is 2.05. The predicted octanol–water partition coefficient (Wildman–Crippen LogP) is 2.17. The minimum Gasteiger partial charge on any atom is -0.366 e. The Labute approximate surface area is 98.9 Å². The molecule has 84 valence electrons. The van der Waals surface area contributed by atoms with Gasteiger partial charge in [0.25, 0.3) is 0 Å². The summed E-state index contributed by atoms with van der Waals surface area (Å²) >= 11 is 1.47. The summed E-state index contributed by atoms with van der Waals surface area (Å²) in [5, 5.41) is 3.61. The highest BCUT2D eigenvalue weighted by atomic mass is 32.2. The fraction of sp³-hybridized carbons (Fsp3) is 0.182. The molecule has 1 aromatic rings. The summed E-state index contributed by atoms with van der Waals surface area (Å²) in [5.41, 5.74) is 0.449. The number of hydrogen-bond donors (Lipinski definition) is 1. The Hall–Kier alpha value is -1.62. The number of nitrogens with zero attached hydrogens (tertiary/aromatic N) is 2. The molecule has 0 aliphatic rings. The van der Waals surface area contributed by atoms with Gasteiger partial charge in [-0.3, -0.25) is 4.79 Å². The lowest BCUT2D eigenvalue weighted by Gasteiger charge is -2.06. The molecule has 0 aromatic carbocycles. The molecule has 0 spiro atoms. The molecule has 0 aliphatic heterocycles. The second kappa shape index (κ2) is 6.79. The van der Waals surface area contributed by atoms with Crippen molar-refractivity contribution >= 4 is 23.9 Å². The van der Waals surface area contributed by atoms with Crippen molar-refractivity contribution in [1.29, 1.82) is 0 Å². The van der Waals surface area contributed by atoms with E-state index in [1.807, 2.05) is 0 Å². The lowest BCUT2D eigenvalue weighted by Crippen LogP contribution is -2.05. The number of anilines is 1. The largest absolute Gasteiger partial charge is 0.366 e. The van der Waals surface area contributed by atoms with Gasteiger partial charge in [0.15, 0.2) is 11.4 Å². The Balaban J connectivity index is 2.86. The Kier molecular flexibility index (Phi) is 5.28. The van der Waals surface area contributed by atoms with Crippen LogP contribution >= 0.6 is 11.8 Å². The summed E-state index contributed by atoms with van der Waals surface area (Å²) in [6.45, 7) is 7.77. The van der Waals surface area contributed by atoms with E-state index in [1.165, 1.54) is 18.0 Å². The Morgan fingerprint density at radius 1 is 1.44 bits per heavy atom. The van der Waals surface area contributed by atoms with Crippen molar-refractivity contribution in [3.05, 3.63) is 37.1 Å². The summed E-state index contributed by atoms with van der Waals surface area (Å²) in [6, 6.07) is 0. The maximum atomic E-state index is 10.7. The number of aldehydes is 1. The van der Waals surface area contributed by atoms with Gasteiger partial charge in [0.05, 0.1) is 5.56 Å². The number of rotatable bonds is 7. The number of thioether (sulfide) groups is 1. The number of aromatic nitrogens is 2. The van der Waals surface area contributed by atoms with Crippen LogP contribution < -0.4 is 5.32 Å². The van der Waals surface area contributed by atoms with E-state index in [9.17, 15) is 4.79 Å². The van der Waals surface area contributed by atoms with E-state index >= 15 is 0 Å². The molecule has 1 heterocycles. The normalized spacial score (nSPS) is 9.50. The van der Waals surface area contributed by atoms with Gasteiger partial charge in [-0.25, -0.2) is 9.97 Å². The van der Waals surface area contributed by atoms with Crippen LogP contribution in [0.25, 0.3) is 0 Å². The molecule has 16 heavy (non-hydrogen) atoms. The second-order valence-electron chi connectivity index (χ2n) is 2.84. The quantitative estimate of drug-likeness (QED) is 0.340. The number of hydrogen-bond acceptors (Lipinski definition) is 5. The zero-order chi connectivity index (χ0) is 11.8. The van der Waals surface area contributed by atoms with Gasteiger partial charge in [0, 0.05) is 18.5 Å². The Bertz CT molecular complexity index is 393. The minimum absolute atomic E-state index is 0.449. The first-order valence-electron chi connectivity index (χ1n) is 4.72. The van der Waals surface area contributed by atoms with Gasteiger partial charge in [-0.15, -0.1) is 13.2 Å². The van der Waals surface area contributed by atoms with Crippen LogP contribution in [0.4, 0.5) is 5.82 Å². The molecular formula is C11H13N3OS. The van der Waals surface area contributed by atoms with Crippen LogP contribution in [0.2, 0.25) is 0 Å². The van der Waals surface area contributed by atoms with E-state index in [0.717, 1.165) is 12.0 Å². The summed E-state index contributed by atoms with van der Waals surface area (Å²) in [7, 11) is 0. The molecule has 0 fully saturated rings. The molecule has 0 aliphatic carbocycles. The average Bonchev–Trinajstić information content (AvgIpc) is 2.33. The van der Waals surface area contributed by atoms with Crippen LogP contribution in [-0.4, -0.2) is 28.6 Å². The van der Waals surface area contributed by atoms with Gasteiger partial charge in [0.1, 0.15) is 5.82 Å². The first kappa shape index (κ1) is 12.4. The third-order valence-corrected chi connectivity index (χ3v) is 2.52. The molecule has 1 rings (SSSR count). The maximum Gasteiger partial charge on any atom is 0.189 e. The first-order chi connectivity index (χ1) is 7.81. The molecule has 0 atom stereocenters. The summed E-state index contributed by atoms with van der Waals surface area (Å²) in [5.74, 6) is 1.28. The zero-order valence-electron chi connectivity index (χ0n) is 8.85. The van der Waals surface area contributed by atoms with Crippen molar-refractivity contribution in [2.45, 2.75) is 5.16 Å². The van der Waals surface area contributed by atoms with Gasteiger partial charge in [-0.2, -0.15) is 0 Å². The van der Waals surface area contributed by atoms with Crippen molar-refractivity contribution < 1.29 is 4.79 Å². The van der Waals surface area contributed by atoms with Crippen LogP contribution in [0.5, 0.6) is 0 Å². The molecule has 1 aromatic heterocycles. The molecule has 1 N–H and O–H groups in total. The molecule has 0 radical (unpaired) electrons. The van der Waals surface area contributed by atoms with Crippen molar-refractivity contribution in [2.75, 3.05) is 17.6 Å². The third kappa shape index (κ3) is 3.51. The molecule has 4 nitrogen and oxygen atoms in total. The molecular weight excluding hydrogens is 222 g/mol. The molecule has 0 unspecified atom stereocenters. The van der Waals surface area contributed by atoms with Crippen molar-refractivity contribution in [3.63, 3.8) is 0 Å². The molecule has 0 saturated heterocycles. The van der Waals surface area contributed by atoms with E-state index in [4.69, 9.17) is 0 Å². The Morgan fingerprint density at radius 3 is 2.88 bits per heavy atom. The maximum absolute atomic E-state index is 10.7. The zero-order valence-corrected chi connectivity index (χ0v) is 9.67. The molecule has 5 heteroatoms. The number of nitrogens with one attached hydrogen (secondary N) is 1. The third-order valence-electron chi connectivity index (χ3n) is 1.67. The average molecular weight is 235 g/mol. The highest BCUT2D eigenvalue weighted by molar-refractivity contribution is 7.99. The Morgan fingerprint density at radius 2 is 2.25 bits per heavy atom. The molecule has 0 saturated carbocycles. The molecule has 0 bridgehead atoms. The minimum atomic E-state index is 0.449. The lowest BCUT2D eigenvalue weighted by molar-refractivity contribution is 0.112. The SMILES string of the molecule is C=CCNc1nc(SCC=C)ncc1C=O. The van der Waals surface area contributed by atoms with Crippen molar-refractivity contribution in [1.82, 2.24) is 9.97 Å². The fourth-order valence-electron chi connectivity index (χ4n) is 0.975. The van der Waals surface area contributed by atoms with E-state index in [1.54, 1.807) is 12.2 Å². The monoisotopic (exact) mass is 235 g/mol. The first-order valence-corrected chi connectivity index (χ1v) is 5.71. The molecule has 0 amide bonds. The van der Waals surface area contributed by atoms with Crippen LogP contribution in [0.3, 0.4) is 0 Å². The van der Waals surface area contributed by atoms with E-state index in [-0.39, 0.29) is 0 Å².